The van der Waals surface area contributed by atoms with Gasteiger partial charge in [0.2, 0.25) is 5.91 Å². The van der Waals surface area contributed by atoms with E-state index in [-0.39, 0.29) is 18.4 Å². The molecule has 0 bridgehead atoms. The highest BCUT2D eigenvalue weighted by atomic mass is 35.5. The van der Waals surface area contributed by atoms with Gasteiger partial charge in [0.1, 0.15) is 12.2 Å². The highest BCUT2D eigenvalue weighted by Crippen LogP contribution is 2.30. The van der Waals surface area contributed by atoms with Gasteiger partial charge < -0.3 is 10.1 Å². The molecule has 1 saturated carbocycles. The first-order valence-corrected chi connectivity index (χ1v) is 9.69. The van der Waals surface area contributed by atoms with Crippen molar-refractivity contribution < 1.29 is 9.53 Å². The summed E-state index contributed by atoms with van der Waals surface area (Å²) < 4.78 is 7.56. The van der Waals surface area contributed by atoms with Gasteiger partial charge in [-0.25, -0.2) is 0 Å². The molecule has 28 heavy (non-hydrogen) atoms. The summed E-state index contributed by atoms with van der Waals surface area (Å²) in [5.74, 6) is 1.23. The Bertz CT molecular complexity index is 896. The topological polar surface area (TPSA) is 79.9 Å². The average molecular weight is 399 g/mol. The fraction of sp³-hybridized carbons (Fsp3) is 0.381. The van der Waals surface area contributed by atoms with Crippen LogP contribution in [-0.2, 0) is 11.3 Å². The molecule has 0 aliphatic heterocycles. The molecule has 1 fully saturated rings. The number of carbonyl (C=O) groups is 1. The van der Waals surface area contributed by atoms with Crippen molar-refractivity contribution in [1.82, 2.24) is 15.1 Å². The Morgan fingerprint density at radius 2 is 2.36 bits per heavy atom. The molecular formula is C21H23ClN4O2. The number of benzene rings is 1. The van der Waals surface area contributed by atoms with Gasteiger partial charge in [0.25, 0.3) is 0 Å². The first-order chi connectivity index (χ1) is 13.5. The lowest BCUT2D eigenvalue weighted by Crippen LogP contribution is -2.30. The molecular weight excluding hydrogens is 376 g/mol. The number of amides is 1. The summed E-state index contributed by atoms with van der Waals surface area (Å²) in [7, 11) is 0. The van der Waals surface area contributed by atoms with E-state index in [4.69, 9.17) is 21.6 Å². The lowest BCUT2D eigenvalue weighted by atomic mass is 10.2. The Morgan fingerprint density at radius 1 is 1.54 bits per heavy atom. The van der Waals surface area contributed by atoms with Crippen LogP contribution in [0.5, 0.6) is 5.75 Å². The highest BCUT2D eigenvalue weighted by Gasteiger charge is 2.22. The maximum atomic E-state index is 11.4. The standard InChI is InChI=1S/C21H23ClN4O2/c1-15(25-21(27)8-9-23)2-3-17-11-24-26(12-17)13-18-6-7-19(10-20(18)22)28-14-16-4-5-16/h2-3,6-7,10-12,15-16H,4-5,8,13-14H2,1H3,(H,25,27)/b3-2+/t15-/m0/s1. The van der Waals surface area contributed by atoms with E-state index in [1.54, 1.807) is 6.20 Å². The monoisotopic (exact) mass is 398 g/mol. The molecule has 3 rings (SSSR count). The average Bonchev–Trinajstić information content (AvgIpc) is 3.38. The molecule has 1 aliphatic carbocycles. The molecule has 1 aliphatic rings. The van der Waals surface area contributed by atoms with Crippen molar-refractivity contribution >= 4 is 23.6 Å². The Morgan fingerprint density at radius 3 is 3.07 bits per heavy atom. The van der Waals surface area contributed by atoms with Gasteiger partial charge in [0, 0.05) is 22.8 Å². The van der Waals surface area contributed by atoms with Crippen molar-refractivity contribution in [3.05, 3.63) is 52.8 Å². The molecule has 0 spiro atoms. The van der Waals surface area contributed by atoms with E-state index >= 15 is 0 Å². The van der Waals surface area contributed by atoms with E-state index in [2.05, 4.69) is 10.4 Å². The van der Waals surface area contributed by atoms with Crippen molar-refractivity contribution in [2.24, 2.45) is 5.92 Å². The van der Waals surface area contributed by atoms with Crippen LogP contribution in [0, 0.1) is 17.2 Å². The van der Waals surface area contributed by atoms with Crippen molar-refractivity contribution in [1.29, 1.82) is 5.26 Å². The SMILES string of the molecule is C[C@@H](/C=C/c1cnn(Cc2ccc(OCC3CC3)cc2Cl)c1)NC(=O)CC#N. The second-order valence-corrected chi connectivity index (χ2v) is 7.44. The van der Waals surface area contributed by atoms with E-state index in [1.807, 2.05) is 54.2 Å². The van der Waals surface area contributed by atoms with Gasteiger partial charge in [-0.2, -0.15) is 10.4 Å². The first-order valence-electron chi connectivity index (χ1n) is 9.31. The first kappa shape index (κ1) is 20.0. The zero-order chi connectivity index (χ0) is 19.9. The Balaban J connectivity index is 1.54. The van der Waals surface area contributed by atoms with E-state index in [0.29, 0.717) is 17.5 Å². The van der Waals surface area contributed by atoms with Crippen LogP contribution in [0.3, 0.4) is 0 Å². The van der Waals surface area contributed by atoms with Crippen molar-refractivity contribution in [2.75, 3.05) is 6.61 Å². The Kier molecular flexibility index (Phi) is 6.72. The van der Waals surface area contributed by atoms with Crippen LogP contribution in [0.15, 0.2) is 36.7 Å². The highest BCUT2D eigenvalue weighted by molar-refractivity contribution is 6.31. The molecule has 1 N–H and O–H groups in total. The number of rotatable bonds is 9. The predicted octanol–water partition coefficient (Wildman–Crippen LogP) is 3.81. The second kappa shape index (κ2) is 9.43. The lowest BCUT2D eigenvalue weighted by Gasteiger charge is -2.09. The third-order valence-electron chi connectivity index (χ3n) is 4.40. The Labute approximate surface area is 169 Å². The second-order valence-electron chi connectivity index (χ2n) is 7.03. The number of ether oxygens (including phenoxy) is 1. The molecule has 1 heterocycles. The minimum Gasteiger partial charge on any atom is -0.493 e. The van der Waals surface area contributed by atoms with E-state index in [9.17, 15) is 4.79 Å². The summed E-state index contributed by atoms with van der Waals surface area (Å²) in [6.07, 6.45) is 9.78. The number of nitrogens with zero attached hydrogens (tertiary/aromatic N) is 3. The number of hydrogen-bond acceptors (Lipinski definition) is 4. The summed E-state index contributed by atoms with van der Waals surface area (Å²) in [6.45, 7) is 3.17. The van der Waals surface area contributed by atoms with Crippen molar-refractivity contribution in [2.45, 2.75) is 38.8 Å². The fourth-order valence-electron chi connectivity index (χ4n) is 2.65. The van der Waals surface area contributed by atoms with Crippen LogP contribution in [-0.4, -0.2) is 28.3 Å². The molecule has 7 heteroatoms. The number of carbonyl (C=O) groups excluding carboxylic acids is 1. The number of nitrogens with one attached hydrogen (secondary N) is 1. The van der Waals surface area contributed by atoms with E-state index < -0.39 is 0 Å². The molecule has 146 valence electrons. The maximum Gasteiger partial charge on any atom is 0.234 e. The number of halogens is 1. The summed E-state index contributed by atoms with van der Waals surface area (Å²) in [5.41, 5.74) is 1.89. The molecule has 1 amide bonds. The largest absolute Gasteiger partial charge is 0.493 e. The maximum absolute atomic E-state index is 11.4. The Hall–Kier alpha value is -2.78. The minimum absolute atomic E-state index is 0.138. The zero-order valence-electron chi connectivity index (χ0n) is 15.8. The number of hydrogen-bond donors (Lipinski definition) is 1. The minimum atomic E-state index is -0.283. The summed E-state index contributed by atoms with van der Waals surface area (Å²) >= 11 is 6.40. The fourth-order valence-corrected chi connectivity index (χ4v) is 2.88. The molecule has 1 atom stereocenters. The third-order valence-corrected chi connectivity index (χ3v) is 4.75. The molecule has 6 nitrogen and oxygen atoms in total. The predicted molar refractivity (Wildman–Crippen MR) is 108 cm³/mol. The van der Waals surface area contributed by atoms with Crippen LogP contribution >= 0.6 is 11.6 Å². The molecule has 0 unspecified atom stereocenters. The van der Waals surface area contributed by atoms with Gasteiger partial charge >= 0.3 is 0 Å². The summed E-state index contributed by atoms with van der Waals surface area (Å²) in [4.78, 5) is 11.4. The van der Waals surface area contributed by atoms with E-state index in [1.165, 1.54) is 12.8 Å². The van der Waals surface area contributed by atoms with Crippen molar-refractivity contribution in [3.8, 4) is 11.8 Å². The van der Waals surface area contributed by atoms with Gasteiger partial charge in [-0.05, 0) is 43.4 Å². The van der Waals surface area contributed by atoms with Crippen LogP contribution in [0.25, 0.3) is 6.08 Å². The molecule has 0 radical (unpaired) electrons. The zero-order valence-corrected chi connectivity index (χ0v) is 16.5. The van der Waals surface area contributed by atoms with Gasteiger partial charge in [-0.15, -0.1) is 0 Å². The molecule has 1 aromatic heterocycles. The molecule has 1 aromatic carbocycles. The van der Waals surface area contributed by atoms with Gasteiger partial charge in [0.05, 0.1) is 25.4 Å². The summed E-state index contributed by atoms with van der Waals surface area (Å²) in [5, 5.41) is 16.3. The van der Waals surface area contributed by atoms with Gasteiger partial charge in [0.15, 0.2) is 0 Å². The van der Waals surface area contributed by atoms with Crippen LogP contribution < -0.4 is 10.1 Å². The van der Waals surface area contributed by atoms with Crippen LogP contribution in [0.4, 0.5) is 0 Å². The van der Waals surface area contributed by atoms with Crippen LogP contribution in [0.1, 0.15) is 37.3 Å². The number of aromatic nitrogens is 2. The number of nitriles is 1. The third kappa shape index (κ3) is 6.14. The molecule has 2 aromatic rings. The van der Waals surface area contributed by atoms with Crippen molar-refractivity contribution in [3.63, 3.8) is 0 Å². The normalized spacial score (nSPS) is 14.6. The van der Waals surface area contributed by atoms with Gasteiger partial charge in [-0.1, -0.05) is 29.8 Å². The van der Waals surface area contributed by atoms with Crippen LogP contribution in [0.2, 0.25) is 5.02 Å². The molecule has 0 saturated heterocycles. The summed E-state index contributed by atoms with van der Waals surface area (Å²) in [6, 6.07) is 7.43. The van der Waals surface area contributed by atoms with Gasteiger partial charge in [-0.3, -0.25) is 9.48 Å². The van der Waals surface area contributed by atoms with E-state index in [0.717, 1.165) is 23.5 Å². The lowest BCUT2D eigenvalue weighted by molar-refractivity contribution is -0.120. The quantitative estimate of drug-likeness (QED) is 0.696. The smallest absolute Gasteiger partial charge is 0.234 e.